The Morgan fingerprint density at radius 2 is 2.29 bits per heavy atom. The Bertz CT molecular complexity index is 383. The summed E-state index contributed by atoms with van der Waals surface area (Å²) < 4.78 is 16.1. The van der Waals surface area contributed by atoms with Gasteiger partial charge in [0.05, 0.1) is 6.61 Å². The Hall–Kier alpha value is -0.980. The number of rotatable bonds is 4. The van der Waals surface area contributed by atoms with E-state index in [0.717, 1.165) is 0 Å². The smallest absolute Gasteiger partial charge is 0.249 e. The third kappa shape index (κ3) is 2.34. The number of hydrogen-bond donors (Lipinski definition) is 1. The van der Waals surface area contributed by atoms with Gasteiger partial charge in [0.1, 0.15) is 11.1 Å². The van der Waals surface area contributed by atoms with Gasteiger partial charge in [0, 0.05) is 13.2 Å². The molecule has 0 aliphatic carbocycles. The number of hydrogen-bond acceptors (Lipinski definition) is 6. The van der Waals surface area contributed by atoms with E-state index in [9.17, 15) is 0 Å². The highest BCUT2D eigenvalue weighted by Crippen LogP contribution is 2.29. The van der Waals surface area contributed by atoms with E-state index < -0.39 is 11.1 Å². The van der Waals surface area contributed by atoms with Crippen LogP contribution in [0.2, 0.25) is 0 Å². The molecule has 1 atom stereocenters. The Kier molecular flexibility index (Phi) is 3.20. The molecule has 0 radical (unpaired) electrons. The quantitative estimate of drug-likeness (QED) is 0.843. The van der Waals surface area contributed by atoms with E-state index in [1.54, 1.807) is 0 Å². The topological polar surface area (TPSA) is 83.4 Å². The van der Waals surface area contributed by atoms with E-state index in [2.05, 4.69) is 10.1 Å². The zero-order chi connectivity index (χ0) is 12.5. The fourth-order valence-electron chi connectivity index (χ4n) is 1.85. The molecule has 0 bridgehead atoms. The molecule has 1 fully saturated rings. The van der Waals surface area contributed by atoms with Gasteiger partial charge in [0.15, 0.2) is 0 Å². The summed E-state index contributed by atoms with van der Waals surface area (Å²) in [6, 6.07) is 0. The third-order valence-electron chi connectivity index (χ3n) is 2.95. The van der Waals surface area contributed by atoms with Crippen LogP contribution in [0.25, 0.3) is 0 Å². The molecule has 0 aromatic carbocycles. The predicted molar refractivity (Wildman–Crippen MR) is 60.3 cm³/mol. The molecule has 0 spiro atoms. The van der Waals surface area contributed by atoms with Crippen molar-refractivity contribution in [1.82, 2.24) is 10.1 Å². The lowest BCUT2D eigenvalue weighted by molar-refractivity contribution is -0.0221. The van der Waals surface area contributed by atoms with Crippen LogP contribution in [0.15, 0.2) is 4.52 Å². The number of ether oxygens (including phenoxy) is 2. The van der Waals surface area contributed by atoms with Gasteiger partial charge in [-0.2, -0.15) is 4.98 Å². The van der Waals surface area contributed by atoms with Crippen LogP contribution >= 0.6 is 0 Å². The summed E-state index contributed by atoms with van der Waals surface area (Å²) >= 11 is 0. The van der Waals surface area contributed by atoms with Crippen LogP contribution in [0.4, 0.5) is 0 Å². The highest BCUT2D eigenvalue weighted by atomic mass is 16.5. The maximum atomic E-state index is 6.15. The molecule has 96 valence electrons. The summed E-state index contributed by atoms with van der Waals surface area (Å²) in [6.07, 6.45) is 0.698. The van der Waals surface area contributed by atoms with Crippen LogP contribution in [-0.2, 0) is 20.6 Å². The summed E-state index contributed by atoms with van der Waals surface area (Å²) in [5.41, 5.74) is 4.94. The number of nitrogens with two attached hydrogens (primary N) is 1. The summed E-state index contributed by atoms with van der Waals surface area (Å²) in [5.74, 6) is 0.948. The van der Waals surface area contributed by atoms with Crippen LogP contribution in [0.5, 0.6) is 0 Å². The summed E-state index contributed by atoms with van der Waals surface area (Å²) in [4.78, 5) is 4.35. The third-order valence-corrected chi connectivity index (χ3v) is 2.95. The molecule has 6 nitrogen and oxygen atoms in total. The second kappa shape index (κ2) is 4.36. The molecule has 0 saturated carbocycles. The Morgan fingerprint density at radius 3 is 2.88 bits per heavy atom. The Balaban J connectivity index is 2.21. The van der Waals surface area contributed by atoms with Crippen LogP contribution in [0, 0.1) is 0 Å². The van der Waals surface area contributed by atoms with Crippen molar-refractivity contribution < 1.29 is 14.0 Å². The largest absolute Gasteiger partial charge is 0.379 e. The average molecular weight is 241 g/mol. The van der Waals surface area contributed by atoms with Crippen LogP contribution in [0.1, 0.15) is 38.9 Å². The maximum absolute atomic E-state index is 6.15. The van der Waals surface area contributed by atoms with E-state index >= 15 is 0 Å². The highest BCUT2D eigenvalue weighted by Gasteiger charge is 2.39. The first-order chi connectivity index (χ1) is 7.98. The van der Waals surface area contributed by atoms with Crippen molar-refractivity contribution in [3.05, 3.63) is 11.7 Å². The van der Waals surface area contributed by atoms with Crippen molar-refractivity contribution in [2.75, 3.05) is 19.8 Å². The summed E-state index contributed by atoms with van der Waals surface area (Å²) in [7, 11) is 0. The van der Waals surface area contributed by atoms with Gasteiger partial charge in [-0.1, -0.05) is 5.16 Å². The minimum Gasteiger partial charge on any atom is -0.379 e. The van der Waals surface area contributed by atoms with Crippen molar-refractivity contribution in [2.24, 2.45) is 5.73 Å². The monoisotopic (exact) mass is 241 g/mol. The zero-order valence-corrected chi connectivity index (χ0v) is 10.5. The molecule has 2 N–H and O–H groups in total. The lowest BCUT2D eigenvalue weighted by atomic mass is 10.0. The predicted octanol–water partition coefficient (Wildman–Crippen LogP) is 0.916. The number of nitrogens with zero attached hydrogens (tertiary/aromatic N) is 2. The fraction of sp³-hybridized carbons (Fsp3) is 0.818. The van der Waals surface area contributed by atoms with Crippen molar-refractivity contribution in [2.45, 2.75) is 38.3 Å². The molecular formula is C11H19N3O3. The van der Waals surface area contributed by atoms with Gasteiger partial charge in [-0.3, -0.25) is 0 Å². The molecule has 1 aromatic rings. The molecule has 17 heavy (non-hydrogen) atoms. The average Bonchev–Trinajstić information content (AvgIpc) is 2.86. The van der Waals surface area contributed by atoms with Gasteiger partial charge in [-0.05, 0) is 27.2 Å². The molecule has 0 amide bonds. The molecule has 1 aromatic heterocycles. The van der Waals surface area contributed by atoms with Crippen molar-refractivity contribution >= 4 is 0 Å². The fourth-order valence-corrected chi connectivity index (χ4v) is 1.85. The molecule has 6 heteroatoms. The van der Waals surface area contributed by atoms with Crippen molar-refractivity contribution in [3.63, 3.8) is 0 Å². The van der Waals surface area contributed by atoms with Gasteiger partial charge >= 0.3 is 0 Å². The van der Waals surface area contributed by atoms with Gasteiger partial charge in [0.25, 0.3) is 0 Å². The first-order valence-corrected chi connectivity index (χ1v) is 5.83. The van der Waals surface area contributed by atoms with Gasteiger partial charge in [0.2, 0.25) is 11.7 Å². The molecule has 1 saturated heterocycles. The molecule has 1 aliphatic rings. The van der Waals surface area contributed by atoms with Gasteiger partial charge in [-0.25, -0.2) is 0 Å². The molecule has 2 heterocycles. The van der Waals surface area contributed by atoms with Crippen LogP contribution in [0.3, 0.4) is 0 Å². The summed E-state index contributed by atoms with van der Waals surface area (Å²) in [5, 5.41) is 3.95. The van der Waals surface area contributed by atoms with E-state index in [1.807, 2.05) is 20.8 Å². The van der Waals surface area contributed by atoms with E-state index in [1.165, 1.54) is 0 Å². The highest BCUT2D eigenvalue weighted by molar-refractivity contribution is 5.07. The van der Waals surface area contributed by atoms with Gasteiger partial charge < -0.3 is 19.7 Å². The van der Waals surface area contributed by atoms with E-state index in [-0.39, 0.29) is 0 Å². The van der Waals surface area contributed by atoms with Crippen molar-refractivity contribution in [1.29, 1.82) is 0 Å². The molecule has 1 aliphatic heterocycles. The minimum absolute atomic E-state index is 0.420. The number of aromatic nitrogens is 2. The minimum atomic E-state index is -0.645. The zero-order valence-electron chi connectivity index (χ0n) is 10.5. The van der Waals surface area contributed by atoms with Gasteiger partial charge in [-0.15, -0.1) is 0 Å². The Labute approximate surface area is 100 Å². The Morgan fingerprint density at radius 1 is 1.53 bits per heavy atom. The lowest BCUT2D eigenvalue weighted by Gasteiger charge is -2.20. The molecular weight excluding hydrogens is 222 g/mol. The standard InChI is InChI=1S/C11H19N3O3/c1-4-16-10(2,3)8-13-9(17-14-8)11(12)5-6-15-7-11/h4-7,12H2,1-3H3. The van der Waals surface area contributed by atoms with Crippen molar-refractivity contribution in [3.8, 4) is 0 Å². The normalized spacial score (nSPS) is 25.4. The van der Waals surface area contributed by atoms with Crippen LogP contribution < -0.4 is 5.73 Å². The van der Waals surface area contributed by atoms with Crippen LogP contribution in [-0.4, -0.2) is 30.0 Å². The first kappa shape index (κ1) is 12.5. The first-order valence-electron chi connectivity index (χ1n) is 5.83. The van der Waals surface area contributed by atoms with E-state index in [4.69, 9.17) is 19.7 Å². The second-order valence-corrected chi connectivity index (χ2v) is 4.83. The summed E-state index contributed by atoms with van der Waals surface area (Å²) in [6.45, 7) is 7.37. The maximum Gasteiger partial charge on any atom is 0.249 e. The second-order valence-electron chi connectivity index (χ2n) is 4.83. The lowest BCUT2D eigenvalue weighted by Crippen LogP contribution is -2.37. The van der Waals surface area contributed by atoms with E-state index in [0.29, 0.717) is 38.0 Å². The SMILES string of the molecule is CCOC(C)(C)c1noc(C2(N)CCOC2)n1. The molecule has 2 rings (SSSR count). The molecule has 1 unspecified atom stereocenters.